The highest BCUT2D eigenvalue weighted by Crippen LogP contribution is 2.25. The molecule has 0 bridgehead atoms. The lowest BCUT2D eigenvalue weighted by Gasteiger charge is -2.09. The Labute approximate surface area is 167 Å². The molecule has 28 heavy (non-hydrogen) atoms. The number of amides is 1. The van der Waals surface area contributed by atoms with Crippen LogP contribution in [0.3, 0.4) is 0 Å². The zero-order valence-corrected chi connectivity index (χ0v) is 16.5. The number of carbonyl (C=O) groups excluding carboxylic acids is 1. The van der Waals surface area contributed by atoms with Gasteiger partial charge < -0.3 is 19.3 Å². The van der Waals surface area contributed by atoms with Crippen LogP contribution in [0.1, 0.15) is 18.6 Å². The fourth-order valence-corrected chi connectivity index (χ4v) is 3.00. The van der Waals surface area contributed by atoms with Crippen molar-refractivity contribution >= 4 is 23.4 Å². The summed E-state index contributed by atoms with van der Waals surface area (Å²) in [5, 5.41) is 6.64. The predicted molar refractivity (Wildman–Crippen MR) is 108 cm³/mol. The highest BCUT2D eigenvalue weighted by molar-refractivity contribution is 7.99. The van der Waals surface area contributed by atoms with Gasteiger partial charge in [-0.05, 0) is 55.5 Å². The van der Waals surface area contributed by atoms with Crippen molar-refractivity contribution in [2.24, 2.45) is 0 Å². The van der Waals surface area contributed by atoms with Gasteiger partial charge in [-0.3, -0.25) is 4.79 Å². The lowest BCUT2D eigenvalue weighted by atomic mass is 10.3. The number of ether oxygens (including phenoxy) is 2. The SMILES string of the molecule is CCOc1ccc(Oc2ccc(NC(=O)CSCc3noc(C)n3)cc2)cc1. The molecule has 0 aliphatic carbocycles. The van der Waals surface area contributed by atoms with E-state index in [9.17, 15) is 4.79 Å². The Kier molecular flexibility index (Phi) is 6.91. The first kappa shape index (κ1) is 19.8. The minimum atomic E-state index is -0.0922. The summed E-state index contributed by atoms with van der Waals surface area (Å²) in [6.07, 6.45) is 0. The van der Waals surface area contributed by atoms with Crippen LogP contribution in [-0.2, 0) is 10.5 Å². The smallest absolute Gasteiger partial charge is 0.234 e. The highest BCUT2D eigenvalue weighted by Gasteiger charge is 2.07. The number of hydrogen-bond acceptors (Lipinski definition) is 7. The molecule has 2 aromatic carbocycles. The van der Waals surface area contributed by atoms with Crippen molar-refractivity contribution in [2.75, 3.05) is 17.7 Å². The molecule has 1 N–H and O–H groups in total. The van der Waals surface area contributed by atoms with E-state index < -0.39 is 0 Å². The van der Waals surface area contributed by atoms with Gasteiger partial charge in [0.25, 0.3) is 0 Å². The van der Waals surface area contributed by atoms with Gasteiger partial charge in [0, 0.05) is 12.6 Å². The van der Waals surface area contributed by atoms with Crippen molar-refractivity contribution in [3.8, 4) is 17.2 Å². The summed E-state index contributed by atoms with van der Waals surface area (Å²) in [6.45, 7) is 4.30. The van der Waals surface area contributed by atoms with E-state index in [4.69, 9.17) is 14.0 Å². The zero-order valence-electron chi connectivity index (χ0n) is 15.7. The number of anilines is 1. The average Bonchev–Trinajstić information content (AvgIpc) is 3.10. The van der Waals surface area contributed by atoms with Gasteiger partial charge in [-0.15, -0.1) is 11.8 Å². The number of benzene rings is 2. The van der Waals surface area contributed by atoms with Gasteiger partial charge in [0.2, 0.25) is 11.8 Å². The van der Waals surface area contributed by atoms with Gasteiger partial charge in [-0.2, -0.15) is 4.98 Å². The predicted octanol–water partition coefficient (Wildman–Crippen LogP) is 4.44. The van der Waals surface area contributed by atoms with E-state index >= 15 is 0 Å². The highest BCUT2D eigenvalue weighted by atomic mass is 32.2. The van der Waals surface area contributed by atoms with Crippen molar-refractivity contribution in [2.45, 2.75) is 19.6 Å². The Balaban J connectivity index is 1.44. The number of aromatic nitrogens is 2. The van der Waals surface area contributed by atoms with Crippen LogP contribution >= 0.6 is 11.8 Å². The van der Waals surface area contributed by atoms with Crippen LogP contribution in [0.5, 0.6) is 17.2 Å². The molecule has 1 aromatic heterocycles. The Bertz CT molecular complexity index is 895. The number of carbonyl (C=O) groups is 1. The number of hydrogen-bond donors (Lipinski definition) is 1. The third-order valence-corrected chi connectivity index (χ3v) is 4.47. The van der Waals surface area contributed by atoms with Gasteiger partial charge >= 0.3 is 0 Å². The Morgan fingerprint density at radius 3 is 2.32 bits per heavy atom. The second-order valence-electron chi connectivity index (χ2n) is 5.80. The van der Waals surface area contributed by atoms with Crippen LogP contribution in [-0.4, -0.2) is 28.4 Å². The van der Waals surface area contributed by atoms with Crippen LogP contribution < -0.4 is 14.8 Å². The van der Waals surface area contributed by atoms with E-state index in [1.54, 1.807) is 31.2 Å². The molecule has 0 spiro atoms. The Morgan fingerprint density at radius 1 is 1.07 bits per heavy atom. The normalized spacial score (nSPS) is 10.5. The maximum atomic E-state index is 12.0. The van der Waals surface area contributed by atoms with Gasteiger partial charge in [0.1, 0.15) is 17.2 Å². The number of rotatable bonds is 9. The summed E-state index contributed by atoms with van der Waals surface area (Å²) in [7, 11) is 0. The molecule has 0 saturated carbocycles. The van der Waals surface area contributed by atoms with E-state index in [1.165, 1.54) is 11.8 Å². The molecule has 0 unspecified atom stereocenters. The molecule has 3 rings (SSSR count). The maximum absolute atomic E-state index is 12.0. The second-order valence-corrected chi connectivity index (χ2v) is 6.79. The quantitative estimate of drug-likeness (QED) is 0.569. The van der Waals surface area contributed by atoms with Crippen LogP contribution in [0.15, 0.2) is 53.1 Å². The van der Waals surface area contributed by atoms with E-state index in [2.05, 4.69) is 15.5 Å². The number of nitrogens with one attached hydrogen (secondary N) is 1. The molecule has 8 heteroatoms. The third-order valence-electron chi connectivity index (χ3n) is 3.54. The lowest BCUT2D eigenvalue weighted by molar-refractivity contribution is -0.113. The summed E-state index contributed by atoms with van der Waals surface area (Å²) < 4.78 is 16.1. The van der Waals surface area contributed by atoms with E-state index in [-0.39, 0.29) is 5.91 Å². The van der Waals surface area contributed by atoms with Crippen molar-refractivity contribution in [3.63, 3.8) is 0 Å². The van der Waals surface area contributed by atoms with Crippen LogP contribution in [0.25, 0.3) is 0 Å². The summed E-state index contributed by atoms with van der Waals surface area (Å²) in [4.78, 5) is 16.1. The summed E-state index contributed by atoms with van der Waals surface area (Å²) >= 11 is 1.42. The second kappa shape index (κ2) is 9.80. The molecule has 7 nitrogen and oxygen atoms in total. The van der Waals surface area contributed by atoms with Gasteiger partial charge in [0.05, 0.1) is 18.1 Å². The fraction of sp³-hybridized carbons (Fsp3) is 0.250. The molecule has 0 aliphatic rings. The average molecular weight is 399 g/mol. The zero-order chi connectivity index (χ0) is 19.8. The molecule has 0 aliphatic heterocycles. The van der Waals surface area contributed by atoms with Crippen LogP contribution in [0.2, 0.25) is 0 Å². The first-order chi connectivity index (χ1) is 13.6. The molecule has 146 valence electrons. The molecule has 0 atom stereocenters. The third kappa shape index (κ3) is 6.02. The van der Waals surface area contributed by atoms with E-state index in [0.29, 0.717) is 47.0 Å². The first-order valence-electron chi connectivity index (χ1n) is 8.80. The minimum Gasteiger partial charge on any atom is -0.494 e. The van der Waals surface area contributed by atoms with Gasteiger partial charge in [-0.1, -0.05) is 5.16 Å². The molecule has 0 fully saturated rings. The van der Waals surface area contributed by atoms with Crippen molar-refractivity contribution in [1.82, 2.24) is 10.1 Å². The minimum absolute atomic E-state index is 0.0922. The van der Waals surface area contributed by atoms with Gasteiger partial charge in [-0.25, -0.2) is 0 Å². The molecular weight excluding hydrogens is 378 g/mol. The maximum Gasteiger partial charge on any atom is 0.234 e. The standard InChI is InChI=1S/C20H21N3O4S/c1-3-25-16-8-10-18(11-9-16)26-17-6-4-15(5-7-17)22-20(24)13-28-12-19-21-14(2)27-23-19/h4-11H,3,12-13H2,1-2H3,(H,22,24). The Morgan fingerprint density at radius 2 is 1.71 bits per heavy atom. The van der Waals surface area contributed by atoms with Gasteiger partial charge in [0.15, 0.2) is 5.82 Å². The summed E-state index contributed by atoms with van der Waals surface area (Å²) in [5.74, 6) is 4.05. The van der Waals surface area contributed by atoms with E-state index in [1.807, 2.05) is 31.2 Å². The van der Waals surface area contributed by atoms with Crippen molar-refractivity contribution in [1.29, 1.82) is 0 Å². The monoisotopic (exact) mass is 399 g/mol. The lowest BCUT2D eigenvalue weighted by Crippen LogP contribution is -2.14. The molecule has 0 radical (unpaired) electrons. The largest absolute Gasteiger partial charge is 0.494 e. The summed E-state index contributed by atoms with van der Waals surface area (Å²) in [6, 6.07) is 14.6. The topological polar surface area (TPSA) is 86.5 Å². The summed E-state index contributed by atoms with van der Waals surface area (Å²) in [5.41, 5.74) is 0.708. The Hall–Kier alpha value is -3.00. The molecular formula is C20H21N3O4S. The van der Waals surface area contributed by atoms with Crippen LogP contribution in [0.4, 0.5) is 5.69 Å². The number of thioether (sulfide) groups is 1. The van der Waals surface area contributed by atoms with Crippen LogP contribution in [0, 0.1) is 6.92 Å². The van der Waals surface area contributed by atoms with Crippen molar-refractivity contribution < 1.29 is 18.8 Å². The molecule has 1 amide bonds. The number of aryl methyl sites for hydroxylation is 1. The molecule has 0 saturated heterocycles. The fourth-order valence-electron chi connectivity index (χ4n) is 2.34. The molecule has 1 heterocycles. The molecule has 3 aromatic rings. The van der Waals surface area contributed by atoms with Crippen molar-refractivity contribution in [3.05, 3.63) is 60.2 Å². The first-order valence-corrected chi connectivity index (χ1v) is 9.95. The van der Waals surface area contributed by atoms with E-state index in [0.717, 1.165) is 5.75 Å². The number of nitrogens with zero attached hydrogens (tertiary/aromatic N) is 2.